The Morgan fingerprint density at radius 3 is 2.43 bits per heavy atom. The summed E-state index contributed by atoms with van der Waals surface area (Å²) in [7, 11) is 0. The van der Waals surface area contributed by atoms with E-state index < -0.39 is 0 Å². The fraction of sp³-hybridized carbons (Fsp3) is 0.652. The highest BCUT2D eigenvalue weighted by atomic mass is 32.1. The Hall–Kier alpha value is -1.30. The van der Waals surface area contributed by atoms with Crippen LogP contribution in [0.2, 0.25) is 0 Å². The molecule has 2 atom stereocenters. The third-order valence-electron chi connectivity index (χ3n) is 6.58. The van der Waals surface area contributed by atoms with E-state index in [1.54, 1.807) is 0 Å². The Bertz CT molecular complexity index is 800. The van der Waals surface area contributed by atoms with Gasteiger partial charge in [0, 0.05) is 36.9 Å². The number of rotatable bonds is 4. The minimum Gasteiger partial charge on any atom is -0.490 e. The maximum absolute atomic E-state index is 6.38. The quantitative estimate of drug-likeness (QED) is 0.728. The molecule has 4 nitrogen and oxygen atoms in total. The first-order chi connectivity index (χ1) is 13.6. The van der Waals surface area contributed by atoms with E-state index in [0.717, 1.165) is 37.7 Å². The van der Waals surface area contributed by atoms with Crippen molar-refractivity contribution in [2.24, 2.45) is 0 Å². The lowest BCUT2D eigenvalue weighted by molar-refractivity contribution is -0.00500. The fourth-order valence-corrected chi connectivity index (χ4v) is 5.96. The van der Waals surface area contributed by atoms with E-state index in [1.807, 2.05) is 11.3 Å². The number of likely N-dealkylation sites (tertiary alicyclic amines) is 1. The average molecular weight is 401 g/mol. The van der Waals surface area contributed by atoms with Gasteiger partial charge in [-0.3, -0.25) is 0 Å². The second-order valence-corrected chi connectivity index (χ2v) is 9.95. The molecule has 1 saturated carbocycles. The molecule has 0 unspecified atom stereocenters. The summed E-state index contributed by atoms with van der Waals surface area (Å²) in [5, 5.41) is 2.65. The van der Waals surface area contributed by atoms with E-state index in [2.05, 4.69) is 47.9 Å². The number of thiophene rings is 1. The topological polar surface area (TPSA) is 24.9 Å². The van der Waals surface area contributed by atoms with Gasteiger partial charge in [-0.1, -0.05) is 6.42 Å². The molecule has 3 heterocycles. The van der Waals surface area contributed by atoms with Gasteiger partial charge >= 0.3 is 0 Å². The first kappa shape index (κ1) is 18.7. The van der Waals surface area contributed by atoms with Crippen LogP contribution in [0.1, 0.15) is 46.0 Å². The Balaban J connectivity index is 1.24. The number of ether oxygens (including phenoxy) is 2. The van der Waals surface area contributed by atoms with E-state index in [1.165, 1.54) is 47.4 Å². The van der Waals surface area contributed by atoms with Crippen LogP contribution in [0.25, 0.3) is 10.1 Å². The summed E-state index contributed by atoms with van der Waals surface area (Å²) < 4.78 is 13.6. The SMILES string of the molecule is C[C@@H]1CN(c2cc3cc(OC4CCN(C5CCC5)CC4)ccc3s2)C[C@H](C)O1. The van der Waals surface area contributed by atoms with E-state index >= 15 is 0 Å². The molecule has 0 radical (unpaired) electrons. The number of anilines is 1. The number of nitrogens with zero attached hydrogens (tertiary/aromatic N) is 2. The number of piperidine rings is 1. The predicted molar refractivity (Wildman–Crippen MR) is 117 cm³/mol. The summed E-state index contributed by atoms with van der Waals surface area (Å²) in [4.78, 5) is 5.15. The van der Waals surface area contributed by atoms with E-state index in [4.69, 9.17) is 9.47 Å². The van der Waals surface area contributed by atoms with Gasteiger partial charge in [0.15, 0.2) is 0 Å². The standard InChI is InChI=1S/C23H32N2O2S/c1-16-14-25(15-17(2)26-16)23-13-18-12-21(6-7-22(18)28-23)27-20-8-10-24(11-9-20)19-4-3-5-19/h6-7,12-13,16-17,19-20H,3-5,8-11,14-15H2,1-2H3/t16-,17+. The van der Waals surface area contributed by atoms with Crippen molar-refractivity contribution in [3.05, 3.63) is 24.3 Å². The smallest absolute Gasteiger partial charge is 0.120 e. The molecule has 5 heteroatoms. The van der Waals surface area contributed by atoms with Crippen LogP contribution in [-0.2, 0) is 4.74 Å². The van der Waals surface area contributed by atoms with Gasteiger partial charge in [0.25, 0.3) is 0 Å². The molecule has 2 aromatic rings. The Morgan fingerprint density at radius 2 is 1.75 bits per heavy atom. The molecule has 5 rings (SSSR count). The number of benzene rings is 1. The third kappa shape index (κ3) is 3.89. The molecule has 0 amide bonds. The van der Waals surface area contributed by atoms with Gasteiger partial charge in [-0.15, -0.1) is 11.3 Å². The molecule has 2 aliphatic heterocycles. The molecule has 0 N–H and O–H groups in total. The minimum atomic E-state index is 0.290. The van der Waals surface area contributed by atoms with Gasteiger partial charge in [0.05, 0.1) is 17.2 Å². The van der Waals surface area contributed by atoms with Gasteiger partial charge in [-0.05, 0) is 69.2 Å². The van der Waals surface area contributed by atoms with Crippen molar-refractivity contribution in [3.8, 4) is 5.75 Å². The zero-order chi connectivity index (χ0) is 19.1. The van der Waals surface area contributed by atoms with Crippen molar-refractivity contribution in [2.45, 2.75) is 70.3 Å². The van der Waals surface area contributed by atoms with Crippen molar-refractivity contribution in [3.63, 3.8) is 0 Å². The van der Waals surface area contributed by atoms with Crippen LogP contribution in [-0.4, -0.2) is 55.4 Å². The largest absolute Gasteiger partial charge is 0.490 e. The lowest BCUT2D eigenvalue weighted by Crippen LogP contribution is -2.46. The fourth-order valence-electron chi connectivity index (χ4n) is 4.90. The van der Waals surface area contributed by atoms with Crippen LogP contribution in [0.3, 0.4) is 0 Å². The number of hydrogen-bond donors (Lipinski definition) is 0. The Labute approximate surface area is 172 Å². The highest BCUT2D eigenvalue weighted by molar-refractivity contribution is 7.22. The minimum absolute atomic E-state index is 0.290. The molecule has 0 spiro atoms. The van der Waals surface area contributed by atoms with Gasteiger partial charge in [0.1, 0.15) is 11.9 Å². The van der Waals surface area contributed by atoms with Crippen LogP contribution in [0.5, 0.6) is 5.75 Å². The van der Waals surface area contributed by atoms with E-state index in [-0.39, 0.29) is 0 Å². The van der Waals surface area contributed by atoms with E-state index in [0.29, 0.717) is 18.3 Å². The van der Waals surface area contributed by atoms with Gasteiger partial charge < -0.3 is 19.3 Å². The summed E-state index contributed by atoms with van der Waals surface area (Å²) in [5.41, 5.74) is 0. The van der Waals surface area contributed by atoms with Crippen molar-refractivity contribution in [1.82, 2.24) is 4.90 Å². The molecule has 28 heavy (non-hydrogen) atoms. The molecule has 0 bridgehead atoms. The second kappa shape index (κ2) is 7.85. The van der Waals surface area contributed by atoms with Crippen molar-refractivity contribution in [1.29, 1.82) is 0 Å². The van der Waals surface area contributed by atoms with Crippen LogP contribution in [0, 0.1) is 0 Å². The molecule has 1 aromatic carbocycles. The van der Waals surface area contributed by atoms with Crippen molar-refractivity contribution < 1.29 is 9.47 Å². The molecule has 1 aliphatic carbocycles. The summed E-state index contributed by atoms with van der Waals surface area (Å²) >= 11 is 1.88. The molecule has 3 aliphatic rings. The van der Waals surface area contributed by atoms with Crippen LogP contribution < -0.4 is 9.64 Å². The maximum Gasteiger partial charge on any atom is 0.120 e. The summed E-state index contributed by atoms with van der Waals surface area (Å²) in [6, 6.07) is 9.82. The van der Waals surface area contributed by atoms with Crippen LogP contribution in [0.15, 0.2) is 24.3 Å². The van der Waals surface area contributed by atoms with Gasteiger partial charge in [-0.25, -0.2) is 0 Å². The lowest BCUT2D eigenvalue weighted by atomic mass is 9.90. The van der Waals surface area contributed by atoms with E-state index in [9.17, 15) is 0 Å². The van der Waals surface area contributed by atoms with Crippen LogP contribution >= 0.6 is 11.3 Å². The molecule has 152 valence electrons. The summed E-state index contributed by atoms with van der Waals surface area (Å²) in [5.74, 6) is 1.03. The molecule has 1 aromatic heterocycles. The highest BCUT2D eigenvalue weighted by Gasteiger charge is 2.29. The zero-order valence-corrected chi connectivity index (χ0v) is 17.9. The first-order valence-corrected chi connectivity index (χ1v) is 11.8. The zero-order valence-electron chi connectivity index (χ0n) is 17.1. The average Bonchev–Trinajstić information content (AvgIpc) is 3.04. The van der Waals surface area contributed by atoms with Gasteiger partial charge in [-0.2, -0.15) is 0 Å². The molecular formula is C23H32N2O2S. The molecule has 2 saturated heterocycles. The van der Waals surface area contributed by atoms with Gasteiger partial charge in [0.2, 0.25) is 0 Å². The second-order valence-electron chi connectivity index (χ2n) is 8.88. The predicted octanol–water partition coefficient (Wildman–Crippen LogP) is 4.91. The Morgan fingerprint density at radius 1 is 1.00 bits per heavy atom. The summed E-state index contributed by atoms with van der Waals surface area (Å²) in [6.45, 7) is 8.68. The van der Waals surface area contributed by atoms with Crippen molar-refractivity contribution in [2.75, 3.05) is 31.1 Å². The first-order valence-electron chi connectivity index (χ1n) is 11.0. The Kier molecular flexibility index (Phi) is 5.24. The molecular weight excluding hydrogens is 368 g/mol. The summed E-state index contributed by atoms with van der Waals surface area (Å²) in [6.07, 6.45) is 7.50. The van der Waals surface area contributed by atoms with Crippen LogP contribution in [0.4, 0.5) is 5.00 Å². The van der Waals surface area contributed by atoms with Crippen molar-refractivity contribution >= 4 is 26.4 Å². The monoisotopic (exact) mass is 400 g/mol. The number of morpholine rings is 1. The lowest BCUT2D eigenvalue weighted by Gasteiger charge is -2.41. The highest BCUT2D eigenvalue weighted by Crippen LogP contribution is 2.36. The number of fused-ring (bicyclic) bond motifs is 1. The normalized spacial score (nSPS) is 27.9. The third-order valence-corrected chi connectivity index (χ3v) is 7.75. The number of hydrogen-bond acceptors (Lipinski definition) is 5. The molecule has 3 fully saturated rings. The maximum atomic E-state index is 6.38.